The standard InChI is InChI=1S/C18H26N2O4/c1-3-12-24-16-10-6-5-9-15(16)19-17(21)14-8-7-11-20(13-14)18(22)23-4-2/h5-6,9-10,14H,3-4,7-8,11-13H2,1-2H3,(H,19,21). The van der Waals surface area contributed by atoms with Crippen molar-refractivity contribution in [1.29, 1.82) is 0 Å². The van der Waals surface area contributed by atoms with Gasteiger partial charge in [0, 0.05) is 13.1 Å². The largest absolute Gasteiger partial charge is 0.491 e. The quantitative estimate of drug-likeness (QED) is 0.867. The van der Waals surface area contributed by atoms with Gasteiger partial charge in [-0.05, 0) is 38.3 Å². The molecule has 1 aliphatic heterocycles. The Kier molecular flexibility index (Phi) is 6.90. The molecular formula is C18H26N2O4. The summed E-state index contributed by atoms with van der Waals surface area (Å²) in [5, 5.41) is 2.94. The van der Waals surface area contributed by atoms with Gasteiger partial charge in [-0.25, -0.2) is 4.79 Å². The van der Waals surface area contributed by atoms with Gasteiger partial charge in [-0.3, -0.25) is 4.79 Å². The highest BCUT2D eigenvalue weighted by Crippen LogP contribution is 2.26. The van der Waals surface area contributed by atoms with Gasteiger partial charge >= 0.3 is 6.09 Å². The van der Waals surface area contributed by atoms with Crippen LogP contribution >= 0.6 is 0 Å². The van der Waals surface area contributed by atoms with Crippen LogP contribution in [0.2, 0.25) is 0 Å². The lowest BCUT2D eigenvalue weighted by Crippen LogP contribution is -2.44. The summed E-state index contributed by atoms with van der Waals surface area (Å²) in [7, 11) is 0. The highest BCUT2D eigenvalue weighted by Gasteiger charge is 2.29. The summed E-state index contributed by atoms with van der Waals surface area (Å²) >= 11 is 0. The smallest absolute Gasteiger partial charge is 0.409 e. The van der Waals surface area contributed by atoms with E-state index in [4.69, 9.17) is 9.47 Å². The summed E-state index contributed by atoms with van der Waals surface area (Å²) < 4.78 is 10.7. The number of carbonyl (C=O) groups is 2. The molecule has 0 aliphatic carbocycles. The van der Waals surface area contributed by atoms with Crippen LogP contribution in [0.4, 0.5) is 10.5 Å². The molecule has 132 valence electrons. The zero-order chi connectivity index (χ0) is 17.4. The van der Waals surface area contributed by atoms with E-state index in [1.807, 2.05) is 31.2 Å². The van der Waals surface area contributed by atoms with Crippen molar-refractivity contribution in [3.05, 3.63) is 24.3 Å². The molecule has 24 heavy (non-hydrogen) atoms. The Hall–Kier alpha value is -2.24. The van der Waals surface area contributed by atoms with Crippen LogP contribution in [0.1, 0.15) is 33.1 Å². The predicted octanol–water partition coefficient (Wildman–Crippen LogP) is 3.28. The fourth-order valence-corrected chi connectivity index (χ4v) is 2.71. The maximum absolute atomic E-state index is 12.6. The number of para-hydroxylation sites is 2. The minimum atomic E-state index is -0.346. The number of likely N-dealkylation sites (tertiary alicyclic amines) is 1. The Morgan fingerprint density at radius 1 is 1.29 bits per heavy atom. The number of amides is 2. The average Bonchev–Trinajstić information content (AvgIpc) is 2.61. The summed E-state index contributed by atoms with van der Waals surface area (Å²) in [6, 6.07) is 7.41. The summed E-state index contributed by atoms with van der Waals surface area (Å²) in [5.74, 6) is 0.352. The van der Waals surface area contributed by atoms with E-state index >= 15 is 0 Å². The van der Waals surface area contributed by atoms with Gasteiger partial charge in [0.05, 0.1) is 24.8 Å². The highest BCUT2D eigenvalue weighted by atomic mass is 16.6. The normalized spacial score (nSPS) is 17.2. The third-order valence-electron chi connectivity index (χ3n) is 3.92. The second kappa shape index (κ2) is 9.15. The van der Waals surface area contributed by atoms with Crippen LogP contribution < -0.4 is 10.1 Å². The maximum atomic E-state index is 12.6. The lowest BCUT2D eigenvalue weighted by Gasteiger charge is -2.31. The molecule has 2 rings (SSSR count). The Labute approximate surface area is 143 Å². The van der Waals surface area contributed by atoms with Crippen LogP contribution in [0, 0.1) is 5.92 Å². The molecule has 1 unspecified atom stereocenters. The van der Waals surface area contributed by atoms with Crippen LogP contribution in [0.15, 0.2) is 24.3 Å². The van der Waals surface area contributed by atoms with E-state index in [0.29, 0.717) is 37.7 Å². The zero-order valence-corrected chi connectivity index (χ0v) is 14.4. The van der Waals surface area contributed by atoms with Gasteiger partial charge in [0.15, 0.2) is 0 Å². The first kappa shape index (κ1) is 18.1. The topological polar surface area (TPSA) is 67.9 Å². The zero-order valence-electron chi connectivity index (χ0n) is 14.4. The minimum absolute atomic E-state index is 0.0865. The van der Waals surface area contributed by atoms with Gasteiger partial charge < -0.3 is 19.7 Å². The van der Waals surface area contributed by atoms with E-state index in [-0.39, 0.29) is 17.9 Å². The number of anilines is 1. The van der Waals surface area contributed by atoms with Crippen molar-refractivity contribution in [3.8, 4) is 5.75 Å². The SMILES string of the molecule is CCCOc1ccccc1NC(=O)C1CCCN(C(=O)OCC)C1. The molecule has 0 radical (unpaired) electrons. The van der Waals surface area contributed by atoms with Crippen molar-refractivity contribution >= 4 is 17.7 Å². The van der Waals surface area contributed by atoms with Crippen molar-refractivity contribution < 1.29 is 19.1 Å². The van der Waals surface area contributed by atoms with Crippen molar-refractivity contribution in [2.75, 3.05) is 31.6 Å². The number of ether oxygens (including phenoxy) is 2. The van der Waals surface area contributed by atoms with Gasteiger partial charge in [-0.2, -0.15) is 0 Å². The fourth-order valence-electron chi connectivity index (χ4n) is 2.71. The molecular weight excluding hydrogens is 308 g/mol. The van der Waals surface area contributed by atoms with Crippen LogP contribution in [0.25, 0.3) is 0 Å². The third kappa shape index (κ3) is 4.88. The number of rotatable bonds is 6. The Morgan fingerprint density at radius 2 is 2.08 bits per heavy atom. The van der Waals surface area contributed by atoms with Crippen molar-refractivity contribution in [2.24, 2.45) is 5.92 Å². The van der Waals surface area contributed by atoms with Gasteiger partial charge in [-0.15, -0.1) is 0 Å². The number of nitrogens with one attached hydrogen (secondary N) is 1. The van der Waals surface area contributed by atoms with E-state index in [9.17, 15) is 9.59 Å². The van der Waals surface area contributed by atoms with E-state index in [1.54, 1.807) is 11.8 Å². The molecule has 1 aromatic carbocycles. The first-order valence-electron chi connectivity index (χ1n) is 8.60. The molecule has 0 saturated carbocycles. The molecule has 1 aliphatic rings. The Balaban J connectivity index is 1.98. The number of hydrogen-bond donors (Lipinski definition) is 1. The lowest BCUT2D eigenvalue weighted by atomic mass is 9.97. The van der Waals surface area contributed by atoms with Gasteiger partial charge in [0.25, 0.3) is 0 Å². The van der Waals surface area contributed by atoms with Crippen molar-refractivity contribution in [2.45, 2.75) is 33.1 Å². The van der Waals surface area contributed by atoms with Crippen LogP contribution in [0.3, 0.4) is 0 Å². The monoisotopic (exact) mass is 334 g/mol. The first-order chi connectivity index (χ1) is 11.7. The molecule has 1 N–H and O–H groups in total. The molecule has 6 nitrogen and oxygen atoms in total. The number of benzene rings is 1. The van der Waals surface area contributed by atoms with E-state index in [0.717, 1.165) is 19.3 Å². The van der Waals surface area contributed by atoms with E-state index in [2.05, 4.69) is 5.32 Å². The molecule has 0 bridgehead atoms. The minimum Gasteiger partial charge on any atom is -0.491 e. The Morgan fingerprint density at radius 3 is 2.83 bits per heavy atom. The van der Waals surface area contributed by atoms with Crippen molar-refractivity contribution in [3.63, 3.8) is 0 Å². The average molecular weight is 334 g/mol. The molecule has 0 spiro atoms. The van der Waals surface area contributed by atoms with Gasteiger partial charge in [-0.1, -0.05) is 19.1 Å². The summed E-state index contributed by atoms with van der Waals surface area (Å²) in [6.07, 6.45) is 2.12. The summed E-state index contributed by atoms with van der Waals surface area (Å²) in [5.41, 5.74) is 0.671. The van der Waals surface area contributed by atoms with Crippen LogP contribution in [-0.2, 0) is 9.53 Å². The third-order valence-corrected chi connectivity index (χ3v) is 3.92. The molecule has 1 heterocycles. The highest BCUT2D eigenvalue weighted by molar-refractivity contribution is 5.94. The number of hydrogen-bond acceptors (Lipinski definition) is 4. The second-order valence-electron chi connectivity index (χ2n) is 5.82. The van der Waals surface area contributed by atoms with E-state index in [1.165, 1.54) is 0 Å². The number of nitrogens with zero attached hydrogens (tertiary/aromatic N) is 1. The van der Waals surface area contributed by atoms with Crippen molar-refractivity contribution in [1.82, 2.24) is 4.90 Å². The summed E-state index contributed by atoms with van der Waals surface area (Å²) in [6.45, 7) is 5.79. The van der Waals surface area contributed by atoms with Crippen LogP contribution in [0.5, 0.6) is 5.75 Å². The molecule has 2 amide bonds. The molecule has 0 aromatic heterocycles. The van der Waals surface area contributed by atoms with Gasteiger partial charge in [0.1, 0.15) is 5.75 Å². The fraction of sp³-hybridized carbons (Fsp3) is 0.556. The van der Waals surface area contributed by atoms with Gasteiger partial charge in [0.2, 0.25) is 5.91 Å². The summed E-state index contributed by atoms with van der Waals surface area (Å²) in [4.78, 5) is 26.0. The molecule has 1 saturated heterocycles. The predicted molar refractivity (Wildman–Crippen MR) is 92.2 cm³/mol. The molecule has 6 heteroatoms. The van der Waals surface area contributed by atoms with Crippen LogP contribution in [-0.4, -0.2) is 43.2 Å². The number of piperidine rings is 1. The maximum Gasteiger partial charge on any atom is 0.409 e. The molecule has 1 aromatic rings. The lowest BCUT2D eigenvalue weighted by molar-refractivity contribution is -0.121. The van der Waals surface area contributed by atoms with E-state index < -0.39 is 0 Å². The Bertz CT molecular complexity index is 562. The first-order valence-corrected chi connectivity index (χ1v) is 8.60. The molecule has 1 fully saturated rings. The number of carbonyl (C=O) groups excluding carboxylic acids is 2. The molecule has 1 atom stereocenters. The second-order valence-corrected chi connectivity index (χ2v) is 5.82.